The Morgan fingerprint density at radius 3 is 2.70 bits per heavy atom. The van der Waals surface area contributed by atoms with Gasteiger partial charge in [0.1, 0.15) is 5.65 Å². The van der Waals surface area contributed by atoms with E-state index in [1.165, 1.54) is 4.90 Å². The third-order valence-electron chi connectivity index (χ3n) is 3.09. The van der Waals surface area contributed by atoms with Crippen LogP contribution in [0.2, 0.25) is 0 Å². The lowest BCUT2D eigenvalue weighted by atomic mass is 10.3. The molecule has 0 aliphatic heterocycles. The van der Waals surface area contributed by atoms with E-state index in [-0.39, 0.29) is 38.6 Å². The van der Waals surface area contributed by atoms with E-state index in [2.05, 4.69) is 4.98 Å². The Hall–Kier alpha value is -1.92. The third kappa shape index (κ3) is 3.34. The Morgan fingerprint density at radius 2 is 2.05 bits per heavy atom. The van der Waals surface area contributed by atoms with Crippen LogP contribution in [-0.4, -0.2) is 56.7 Å². The number of aliphatic hydroxyl groups is 2. The normalized spacial score (nSPS) is 10.9. The van der Waals surface area contributed by atoms with Crippen LogP contribution in [0.3, 0.4) is 0 Å². The van der Waals surface area contributed by atoms with Crippen LogP contribution in [0.25, 0.3) is 5.65 Å². The molecule has 0 unspecified atom stereocenters. The first-order chi connectivity index (χ1) is 9.63. The molecule has 6 nitrogen and oxygen atoms in total. The average Bonchev–Trinajstić information content (AvgIpc) is 2.79. The molecule has 2 heterocycles. The van der Waals surface area contributed by atoms with Gasteiger partial charge in [-0.3, -0.25) is 4.79 Å². The SMILES string of the molecule is Cc1ccn2cc(CC(=O)N(CCO)CCO)nc2c1. The summed E-state index contributed by atoms with van der Waals surface area (Å²) < 4.78 is 1.87. The fourth-order valence-electron chi connectivity index (χ4n) is 2.09. The second kappa shape index (κ2) is 6.49. The highest BCUT2D eigenvalue weighted by molar-refractivity contribution is 5.78. The van der Waals surface area contributed by atoms with Gasteiger partial charge in [-0.05, 0) is 24.6 Å². The van der Waals surface area contributed by atoms with Crippen LogP contribution in [0, 0.1) is 6.92 Å². The summed E-state index contributed by atoms with van der Waals surface area (Å²) in [4.78, 5) is 17.9. The molecule has 20 heavy (non-hydrogen) atoms. The number of imidazole rings is 1. The van der Waals surface area contributed by atoms with Gasteiger partial charge < -0.3 is 19.5 Å². The first-order valence-electron chi connectivity index (χ1n) is 6.58. The lowest BCUT2D eigenvalue weighted by Gasteiger charge is -2.19. The van der Waals surface area contributed by atoms with Gasteiger partial charge in [0.15, 0.2) is 0 Å². The van der Waals surface area contributed by atoms with Crippen molar-refractivity contribution in [1.29, 1.82) is 0 Å². The maximum atomic E-state index is 12.1. The third-order valence-corrected chi connectivity index (χ3v) is 3.09. The summed E-state index contributed by atoms with van der Waals surface area (Å²) in [7, 11) is 0. The lowest BCUT2D eigenvalue weighted by molar-refractivity contribution is -0.131. The van der Waals surface area contributed by atoms with Gasteiger partial charge in [-0.2, -0.15) is 0 Å². The van der Waals surface area contributed by atoms with Crippen LogP contribution >= 0.6 is 0 Å². The van der Waals surface area contributed by atoms with Crippen LogP contribution in [0.4, 0.5) is 0 Å². The number of pyridine rings is 1. The van der Waals surface area contributed by atoms with E-state index in [0.29, 0.717) is 5.69 Å². The van der Waals surface area contributed by atoms with Gasteiger partial charge in [-0.15, -0.1) is 0 Å². The summed E-state index contributed by atoms with van der Waals surface area (Å²) in [5.41, 5.74) is 2.60. The Balaban J connectivity index is 2.12. The van der Waals surface area contributed by atoms with Gasteiger partial charge in [0.2, 0.25) is 5.91 Å². The maximum absolute atomic E-state index is 12.1. The summed E-state index contributed by atoms with van der Waals surface area (Å²) in [6, 6.07) is 3.93. The molecular weight excluding hydrogens is 258 g/mol. The molecule has 2 N–H and O–H groups in total. The van der Waals surface area contributed by atoms with Crippen LogP contribution in [0.1, 0.15) is 11.3 Å². The molecule has 0 saturated carbocycles. The second-order valence-corrected chi connectivity index (χ2v) is 4.71. The number of carbonyl (C=O) groups is 1. The number of aromatic nitrogens is 2. The minimum Gasteiger partial charge on any atom is -0.395 e. The molecule has 0 aliphatic carbocycles. The highest BCUT2D eigenvalue weighted by Gasteiger charge is 2.14. The smallest absolute Gasteiger partial charge is 0.228 e. The van der Waals surface area contributed by atoms with Crippen molar-refractivity contribution in [3.8, 4) is 0 Å². The quantitative estimate of drug-likeness (QED) is 0.779. The Bertz CT molecular complexity index is 588. The van der Waals surface area contributed by atoms with Crippen molar-refractivity contribution in [2.24, 2.45) is 0 Å². The topological polar surface area (TPSA) is 78.1 Å². The molecule has 0 aromatic carbocycles. The predicted molar refractivity (Wildman–Crippen MR) is 74.4 cm³/mol. The molecule has 0 spiro atoms. The van der Waals surface area contributed by atoms with Crippen molar-refractivity contribution in [2.75, 3.05) is 26.3 Å². The van der Waals surface area contributed by atoms with Gasteiger partial charge in [0, 0.05) is 25.5 Å². The van der Waals surface area contributed by atoms with Crippen LogP contribution in [0.5, 0.6) is 0 Å². The summed E-state index contributed by atoms with van der Waals surface area (Å²) in [5.74, 6) is -0.145. The van der Waals surface area contributed by atoms with Gasteiger partial charge in [0.25, 0.3) is 0 Å². The van der Waals surface area contributed by atoms with Crippen molar-refractivity contribution < 1.29 is 15.0 Å². The Kier molecular flexibility index (Phi) is 4.70. The van der Waals surface area contributed by atoms with E-state index in [4.69, 9.17) is 10.2 Å². The molecule has 1 amide bonds. The zero-order valence-corrected chi connectivity index (χ0v) is 11.5. The molecule has 0 fully saturated rings. The number of amides is 1. The number of carbonyl (C=O) groups excluding carboxylic acids is 1. The molecule has 2 rings (SSSR count). The first kappa shape index (κ1) is 14.5. The Morgan fingerprint density at radius 1 is 1.35 bits per heavy atom. The van der Waals surface area contributed by atoms with Crippen molar-refractivity contribution in [3.05, 3.63) is 35.8 Å². The average molecular weight is 277 g/mol. The molecule has 0 saturated heterocycles. The van der Waals surface area contributed by atoms with Gasteiger partial charge in [0.05, 0.1) is 25.3 Å². The van der Waals surface area contributed by atoms with Crippen LogP contribution in [0.15, 0.2) is 24.5 Å². The van der Waals surface area contributed by atoms with Gasteiger partial charge in [-0.1, -0.05) is 0 Å². The zero-order valence-electron chi connectivity index (χ0n) is 11.5. The molecule has 0 radical (unpaired) electrons. The number of hydrogen-bond donors (Lipinski definition) is 2. The number of aliphatic hydroxyl groups excluding tert-OH is 2. The number of hydrogen-bond acceptors (Lipinski definition) is 4. The minimum atomic E-state index is -0.145. The van der Waals surface area contributed by atoms with Gasteiger partial charge >= 0.3 is 0 Å². The lowest BCUT2D eigenvalue weighted by Crippen LogP contribution is -2.36. The molecule has 108 valence electrons. The van der Waals surface area contributed by atoms with E-state index in [0.717, 1.165) is 11.2 Å². The summed E-state index contributed by atoms with van der Waals surface area (Å²) in [6.07, 6.45) is 3.90. The van der Waals surface area contributed by atoms with Crippen molar-refractivity contribution >= 4 is 11.6 Å². The number of rotatable bonds is 6. The zero-order chi connectivity index (χ0) is 14.5. The summed E-state index contributed by atoms with van der Waals surface area (Å²) in [6.45, 7) is 2.22. The maximum Gasteiger partial charge on any atom is 0.228 e. The van der Waals surface area contributed by atoms with E-state index in [9.17, 15) is 4.79 Å². The highest BCUT2D eigenvalue weighted by Crippen LogP contribution is 2.09. The molecule has 2 aromatic heterocycles. The fraction of sp³-hybridized carbons (Fsp3) is 0.429. The summed E-state index contributed by atoms with van der Waals surface area (Å²) in [5, 5.41) is 17.9. The van der Waals surface area contributed by atoms with Crippen molar-refractivity contribution in [3.63, 3.8) is 0 Å². The molecule has 6 heteroatoms. The van der Waals surface area contributed by atoms with Crippen molar-refractivity contribution in [1.82, 2.24) is 14.3 Å². The largest absolute Gasteiger partial charge is 0.395 e. The molecule has 0 aliphatic rings. The highest BCUT2D eigenvalue weighted by atomic mass is 16.3. The monoisotopic (exact) mass is 277 g/mol. The van der Waals surface area contributed by atoms with Crippen molar-refractivity contribution in [2.45, 2.75) is 13.3 Å². The minimum absolute atomic E-state index is 0.115. The molecule has 0 atom stereocenters. The number of aryl methyl sites for hydroxylation is 1. The standard InChI is InChI=1S/C14H19N3O3/c1-11-2-3-17-10-12(15-13(17)8-11)9-14(20)16(4-6-18)5-7-19/h2-3,8,10,18-19H,4-7,9H2,1H3. The van der Waals surface area contributed by atoms with E-state index in [1.54, 1.807) is 0 Å². The Labute approximate surface area is 117 Å². The fourth-order valence-corrected chi connectivity index (χ4v) is 2.09. The first-order valence-corrected chi connectivity index (χ1v) is 6.58. The predicted octanol–water partition coefficient (Wildman–Crippen LogP) is -0.00158. The molecule has 2 aromatic rings. The number of fused-ring (bicyclic) bond motifs is 1. The van der Waals surface area contributed by atoms with E-state index in [1.807, 2.05) is 35.9 Å². The molecule has 0 bridgehead atoms. The summed E-state index contributed by atoms with van der Waals surface area (Å²) >= 11 is 0. The van der Waals surface area contributed by atoms with Crippen LogP contribution < -0.4 is 0 Å². The van der Waals surface area contributed by atoms with E-state index >= 15 is 0 Å². The second-order valence-electron chi connectivity index (χ2n) is 4.71. The van der Waals surface area contributed by atoms with E-state index < -0.39 is 0 Å². The van der Waals surface area contributed by atoms with Crippen LogP contribution in [-0.2, 0) is 11.2 Å². The van der Waals surface area contributed by atoms with Gasteiger partial charge in [-0.25, -0.2) is 4.98 Å². The molecular formula is C14H19N3O3. The number of nitrogens with zero attached hydrogens (tertiary/aromatic N) is 3.